The molecule has 2 rings (SSSR count). The van der Waals surface area contributed by atoms with Crippen molar-refractivity contribution >= 4 is 11.6 Å². The van der Waals surface area contributed by atoms with E-state index in [0.29, 0.717) is 10.6 Å². The van der Waals surface area contributed by atoms with Crippen molar-refractivity contribution in [2.24, 2.45) is 0 Å². The zero-order chi connectivity index (χ0) is 11.5. The van der Waals surface area contributed by atoms with Crippen LogP contribution in [0.4, 0.5) is 0 Å². The summed E-state index contributed by atoms with van der Waals surface area (Å²) in [6.45, 7) is 1.99. The monoisotopic (exact) mass is 236 g/mol. The first-order chi connectivity index (χ1) is 7.74. The van der Waals surface area contributed by atoms with Crippen LogP contribution in [0.15, 0.2) is 41.0 Å². The van der Waals surface area contributed by atoms with Crippen LogP contribution < -0.4 is 0 Å². The van der Waals surface area contributed by atoms with Crippen molar-refractivity contribution < 1.29 is 9.52 Å². The number of hydrogen-bond acceptors (Lipinski definition) is 2. The van der Waals surface area contributed by atoms with Crippen LogP contribution in [0.3, 0.4) is 0 Å². The summed E-state index contributed by atoms with van der Waals surface area (Å²) in [5.74, 6) is 0.799. The third-order valence-electron chi connectivity index (χ3n) is 2.60. The van der Waals surface area contributed by atoms with Gasteiger partial charge in [-0.1, -0.05) is 36.7 Å². The van der Waals surface area contributed by atoms with E-state index < -0.39 is 6.10 Å². The number of halogens is 1. The van der Waals surface area contributed by atoms with E-state index in [1.54, 1.807) is 18.4 Å². The summed E-state index contributed by atoms with van der Waals surface area (Å²) in [5, 5.41) is 10.8. The van der Waals surface area contributed by atoms with E-state index in [0.717, 1.165) is 17.7 Å². The topological polar surface area (TPSA) is 33.4 Å². The van der Waals surface area contributed by atoms with Gasteiger partial charge in [0.05, 0.1) is 6.26 Å². The Morgan fingerprint density at radius 1 is 1.25 bits per heavy atom. The van der Waals surface area contributed by atoms with E-state index in [4.69, 9.17) is 16.0 Å². The number of aryl methyl sites for hydroxylation is 1. The predicted octanol–water partition coefficient (Wildman–Crippen LogP) is 3.58. The van der Waals surface area contributed by atoms with Crippen LogP contribution in [0.5, 0.6) is 0 Å². The summed E-state index contributed by atoms with van der Waals surface area (Å²) >= 11 is 6.04. The lowest BCUT2D eigenvalue weighted by Gasteiger charge is -2.12. The van der Waals surface area contributed by atoms with E-state index in [1.807, 2.05) is 25.1 Å². The number of aliphatic hydroxyl groups excluding tert-OH is 1. The summed E-state index contributed by atoms with van der Waals surface area (Å²) in [4.78, 5) is 0. The maximum absolute atomic E-state index is 10.2. The van der Waals surface area contributed by atoms with Crippen LogP contribution >= 0.6 is 11.6 Å². The van der Waals surface area contributed by atoms with E-state index in [9.17, 15) is 5.11 Å². The van der Waals surface area contributed by atoms with Gasteiger partial charge < -0.3 is 9.52 Å². The molecule has 2 aromatic rings. The molecule has 0 radical (unpaired) electrons. The molecule has 1 unspecified atom stereocenters. The molecule has 0 amide bonds. The normalized spacial score (nSPS) is 12.7. The van der Waals surface area contributed by atoms with E-state index >= 15 is 0 Å². The minimum Gasteiger partial charge on any atom is -0.469 e. The number of furan rings is 1. The van der Waals surface area contributed by atoms with E-state index in [1.165, 1.54) is 0 Å². The van der Waals surface area contributed by atoms with Gasteiger partial charge in [0, 0.05) is 22.6 Å². The van der Waals surface area contributed by atoms with Gasteiger partial charge in [-0.05, 0) is 12.1 Å². The summed E-state index contributed by atoms with van der Waals surface area (Å²) in [7, 11) is 0. The second-order valence-electron chi connectivity index (χ2n) is 3.58. The van der Waals surface area contributed by atoms with E-state index in [-0.39, 0.29) is 0 Å². The van der Waals surface area contributed by atoms with Crippen molar-refractivity contribution in [1.29, 1.82) is 0 Å². The molecule has 1 aromatic heterocycles. The highest BCUT2D eigenvalue weighted by atomic mass is 35.5. The average molecular weight is 237 g/mol. The van der Waals surface area contributed by atoms with Gasteiger partial charge in [0.15, 0.2) is 0 Å². The van der Waals surface area contributed by atoms with Crippen LogP contribution in [0.2, 0.25) is 5.02 Å². The van der Waals surface area contributed by atoms with Crippen LogP contribution in [-0.4, -0.2) is 5.11 Å². The Balaban J connectivity index is 2.39. The van der Waals surface area contributed by atoms with Crippen molar-refractivity contribution in [3.63, 3.8) is 0 Å². The van der Waals surface area contributed by atoms with Crippen molar-refractivity contribution in [3.8, 4) is 0 Å². The predicted molar refractivity (Wildman–Crippen MR) is 63.6 cm³/mol. The summed E-state index contributed by atoms with van der Waals surface area (Å²) in [6.07, 6.45) is 1.63. The quantitative estimate of drug-likeness (QED) is 0.884. The van der Waals surface area contributed by atoms with Gasteiger partial charge in [0.2, 0.25) is 0 Å². The van der Waals surface area contributed by atoms with E-state index in [2.05, 4.69) is 0 Å². The largest absolute Gasteiger partial charge is 0.469 e. The molecule has 1 N–H and O–H groups in total. The van der Waals surface area contributed by atoms with Gasteiger partial charge in [-0.25, -0.2) is 0 Å². The fourth-order valence-electron chi connectivity index (χ4n) is 1.75. The van der Waals surface area contributed by atoms with Crippen molar-refractivity contribution in [3.05, 3.63) is 58.5 Å². The first-order valence-electron chi connectivity index (χ1n) is 5.22. The first kappa shape index (κ1) is 11.2. The molecule has 3 heteroatoms. The average Bonchev–Trinajstić information content (AvgIpc) is 2.77. The van der Waals surface area contributed by atoms with Gasteiger partial charge in [0.1, 0.15) is 11.9 Å². The molecule has 0 aliphatic rings. The fraction of sp³-hybridized carbons (Fsp3) is 0.231. The third-order valence-corrected chi connectivity index (χ3v) is 2.94. The van der Waals surface area contributed by atoms with Crippen LogP contribution in [0, 0.1) is 0 Å². The molecule has 0 spiro atoms. The zero-order valence-corrected chi connectivity index (χ0v) is 9.74. The molecule has 0 fully saturated rings. The van der Waals surface area contributed by atoms with Gasteiger partial charge in [-0.15, -0.1) is 0 Å². The molecule has 0 saturated carbocycles. The summed E-state index contributed by atoms with van der Waals surface area (Å²) < 4.78 is 5.29. The van der Waals surface area contributed by atoms with Gasteiger partial charge in [-0.3, -0.25) is 0 Å². The highest BCUT2D eigenvalue weighted by Gasteiger charge is 2.18. The Labute approximate surface area is 99.5 Å². The molecule has 1 aromatic carbocycles. The number of rotatable bonds is 3. The van der Waals surface area contributed by atoms with Crippen molar-refractivity contribution in [2.45, 2.75) is 19.4 Å². The molecule has 0 saturated heterocycles. The number of hydrogen-bond donors (Lipinski definition) is 1. The van der Waals surface area contributed by atoms with Gasteiger partial charge in [-0.2, -0.15) is 0 Å². The Morgan fingerprint density at radius 2 is 2.00 bits per heavy atom. The minimum atomic E-state index is -0.720. The molecule has 0 aliphatic heterocycles. The Kier molecular flexibility index (Phi) is 3.32. The molecular formula is C13H13ClO2. The van der Waals surface area contributed by atoms with Crippen LogP contribution in [-0.2, 0) is 6.42 Å². The molecular weight excluding hydrogens is 224 g/mol. The second kappa shape index (κ2) is 4.73. The van der Waals surface area contributed by atoms with Gasteiger partial charge >= 0.3 is 0 Å². The lowest BCUT2D eigenvalue weighted by atomic mass is 10.0. The second-order valence-corrected chi connectivity index (χ2v) is 3.98. The van der Waals surface area contributed by atoms with Gasteiger partial charge in [0.25, 0.3) is 0 Å². The third kappa shape index (κ3) is 1.99. The summed E-state index contributed by atoms with van der Waals surface area (Å²) in [5.41, 5.74) is 1.50. The van der Waals surface area contributed by atoms with Crippen molar-refractivity contribution in [2.75, 3.05) is 0 Å². The highest BCUT2D eigenvalue weighted by Crippen LogP contribution is 2.30. The van der Waals surface area contributed by atoms with Crippen LogP contribution in [0.25, 0.3) is 0 Å². The molecule has 1 heterocycles. The molecule has 0 bridgehead atoms. The Morgan fingerprint density at radius 3 is 2.69 bits per heavy atom. The molecule has 0 aliphatic carbocycles. The maximum atomic E-state index is 10.2. The SMILES string of the molecule is CCc1occc1C(O)c1ccccc1Cl. The fourth-order valence-corrected chi connectivity index (χ4v) is 1.99. The smallest absolute Gasteiger partial charge is 0.109 e. The lowest BCUT2D eigenvalue weighted by Crippen LogP contribution is -2.01. The van der Waals surface area contributed by atoms with Crippen LogP contribution in [0.1, 0.15) is 29.9 Å². The highest BCUT2D eigenvalue weighted by molar-refractivity contribution is 6.31. The minimum absolute atomic E-state index is 0.568. The molecule has 84 valence electrons. The number of aliphatic hydroxyl groups is 1. The summed E-state index contributed by atoms with van der Waals surface area (Å²) in [6, 6.07) is 9.07. The first-order valence-corrected chi connectivity index (χ1v) is 5.60. The standard InChI is InChI=1S/C13H13ClO2/c1-2-12-10(7-8-16-12)13(15)9-5-3-4-6-11(9)14/h3-8,13,15H,2H2,1H3. The Hall–Kier alpha value is -1.25. The zero-order valence-electron chi connectivity index (χ0n) is 8.98. The maximum Gasteiger partial charge on any atom is 0.109 e. The molecule has 16 heavy (non-hydrogen) atoms. The lowest BCUT2D eigenvalue weighted by molar-refractivity contribution is 0.217. The molecule has 2 nitrogen and oxygen atoms in total. The number of benzene rings is 1. The Bertz CT molecular complexity index is 476. The molecule has 1 atom stereocenters. The van der Waals surface area contributed by atoms with Crippen molar-refractivity contribution in [1.82, 2.24) is 0 Å².